The molecule has 2 heterocycles. The number of amides is 1. The Morgan fingerprint density at radius 1 is 1.00 bits per heavy atom. The first-order valence-corrected chi connectivity index (χ1v) is 10.0. The third kappa shape index (κ3) is 6.40. The summed E-state index contributed by atoms with van der Waals surface area (Å²) in [5.41, 5.74) is 5.29. The summed E-state index contributed by atoms with van der Waals surface area (Å²) in [5.74, 6) is -0.0563. The van der Waals surface area contributed by atoms with Gasteiger partial charge in [-0.05, 0) is 36.4 Å². The zero-order valence-electron chi connectivity index (χ0n) is 17.3. The van der Waals surface area contributed by atoms with Crippen LogP contribution in [0.1, 0.15) is 10.4 Å². The molecule has 3 aromatic rings. The average Bonchev–Trinajstić information content (AvgIpc) is 2.80. The van der Waals surface area contributed by atoms with E-state index in [2.05, 4.69) is 25.4 Å². The lowest BCUT2D eigenvalue weighted by molar-refractivity contribution is -0.274. The molecule has 2 N–H and O–H groups in total. The Morgan fingerprint density at radius 3 is 2.36 bits per heavy atom. The van der Waals surface area contributed by atoms with E-state index in [1.54, 1.807) is 30.3 Å². The topological polar surface area (TPSA) is 88.6 Å². The zero-order chi connectivity index (χ0) is 23.3. The maximum Gasteiger partial charge on any atom is 0.573 e. The van der Waals surface area contributed by atoms with Crippen LogP contribution in [-0.2, 0) is 4.74 Å². The Balaban J connectivity index is 1.40. The van der Waals surface area contributed by atoms with Crippen molar-refractivity contribution >= 4 is 17.4 Å². The quantitative estimate of drug-likeness (QED) is 0.580. The number of hydrogen-bond donors (Lipinski definition) is 2. The highest BCUT2D eigenvalue weighted by atomic mass is 19.4. The average molecular weight is 459 g/mol. The summed E-state index contributed by atoms with van der Waals surface area (Å²) in [5, 5.41) is 4.83. The Hall–Kier alpha value is -3.70. The molecule has 1 aliphatic heterocycles. The number of morpholine rings is 1. The summed E-state index contributed by atoms with van der Waals surface area (Å²) in [7, 11) is 0. The van der Waals surface area contributed by atoms with Gasteiger partial charge in [0.05, 0.1) is 18.9 Å². The molecule has 0 unspecified atom stereocenters. The summed E-state index contributed by atoms with van der Waals surface area (Å²) >= 11 is 0. The van der Waals surface area contributed by atoms with Crippen molar-refractivity contribution in [3.05, 3.63) is 66.5 Å². The van der Waals surface area contributed by atoms with Gasteiger partial charge in [-0.2, -0.15) is 0 Å². The van der Waals surface area contributed by atoms with Gasteiger partial charge in [0.25, 0.3) is 5.91 Å². The molecule has 0 aliphatic carbocycles. The number of alkyl halides is 3. The van der Waals surface area contributed by atoms with E-state index in [1.165, 1.54) is 30.6 Å². The third-order valence-electron chi connectivity index (χ3n) is 4.74. The Labute approximate surface area is 187 Å². The fraction of sp³-hybridized carbons (Fsp3) is 0.227. The summed E-state index contributed by atoms with van der Waals surface area (Å²) in [6.45, 7) is 2.43. The number of rotatable bonds is 6. The van der Waals surface area contributed by atoms with Gasteiger partial charge in [0.2, 0.25) is 0 Å². The Bertz CT molecular complexity index is 1090. The molecule has 4 rings (SSSR count). The number of anilines is 2. The van der Waals surface area contributed by atoms with Crippen LogP contribution in [0.4, 0.5) is 24.7 Å². The number of aromatic nitrogens is 2. The fourth-order valence-electron chi connectivity index (χ4n) is 3.15. The molecule has 8 nitrogen and oxygen atoms in total. The Morgan fingerprint density at radius 2 is 1.70 bits per heavy atom. The molecule has 1 saturated heterocycles. The zero-order valence-corrected chi connectivity index (χ0v) is 17.3. The molecule has 172 valence electrons. The molecular formula is C22H20F3N5O3. The summed E-state index contributed by atoms with van der Waals surface area (Å²) in [6, 6.07) is 14.0. The third-order valence-corrected chi connectivity index (χ3v) is 4.74. The smallest absolute Gasteiger partial charge is 0.406 e. The monoisotopic (exact) mass is 459 g/mol. The minimum Gasteiger partial charge on any atom is -0.406 e. The predicted molar refractivity (Wildman–Crippen MR) is 114 cm³/mol. The summed E-state index contributed by atoms with van der Waals surface area (Å²) in [6.07, 6.45) is -3.37. The van der Waals surface area contributed by atoms with Gasteiger partial charge in [-0.25, -0.2) is 15.0 Å². The molecule has 0 bridgehead atoms. The van der Waals surface area contributed by atoms with Crippen molar-refractivity contribution in [3.63, 3.8) is 0 Å². The first-order valence-electron chi connectivity index (χ1n) is 10.0. The summed E-state index contributed by atoms with van der Waals surface area (Å²) in [4.78, 5) is 20.8. The second-order valence-corrected chi connectivity index (χ2v) is 7.10. The molecule has 1 fully saturated rings. The van der Waals surface area contributed by atoms with Crippen LogP contribution in [0, 0.1) is 0 Å². The van der Waals surface area contributed by atoms with Crippen molar-refractivity contribution in [2.45, 2.75) is 6.36 Å². The molecule has 1 amide bonds. The van der Waals surface area contributed by atoms with Gasteiger partial charge in [-0.3, -0.25) is 10.2 Å². The molecule has 0 saturated carbocycles. The van der Waals surface area contributed by atoms with Gasteiger partial charge in [0.15, 0.2) is 0 Å². The highest BCUT2D eigenvalue weighted by molar-refractivity contribution is 5.94. The van der Waals surface area contributed by atoms with Gasteiger partial charge < -0.3 is 14.8 Å². The van der Waals surface area contributed by atoms with E-state index in [9.17, 15) is 18.0 Å². The molecule has 2 aromatic carbocycles. The number of benzene rings is 2. The van der Waals surface area contributed by atoms with Crippen molar-refractivity contribution in [1.82, 2.24) is 20.4 Å². The van der Waals surface area contributed by atoms with Crippen molar-refractivity contribution in [2.75, 3.05) is 31.6 Å². The van der Waals surface area contributed by atoms with Crippen LogP contribution in [-0.4, -0.2) is 53.5 Å². The van der Waals surface area contributed by atoms with Crippen molar-refractivity contribution < 1.29 is 27.4 Å². The summed E-state index contributed by atoms with van der Waals surface area (Å²) < 4.78 is 46.0. The van der Waals surface area contributed by atoms with E-state index in [1.807, 2.05) is 5.01 Å². The number of hydrazine groups is 1. The lowest BCUT2D eigenvalue weighted by Gasteiger charge is -2.26. The van der Waals surface area contributed by atoms with Crippen LogP contribution in [0.3, 0.4) is 0 Å². The van der Waals surface area contributed by atoms with E-state index >= 15 is 0 Å². The number of nitrogens with one attached hydrogen (secondary N) is 2. The number of hydrogen-bond acceptors (Lipinski definition) is 7. The van der Waals surface area contributed by atoms with E-state index in [0.29, 0.717) is 49.1 Å². The largest absolute Gasteiger partial charge is 0.573 e. The van der Waals surface area contributed by atoms with Crippen molar-refractivity contribution in [1.29, 1.82) is 0 Å². The Kier molecular flexibility index (Phi) is 6.71. The minimum absolute atomic E-state index is 0.202. The highest BCUT2D eigenvalue weighted by Gasteiger charge is 2.30. The van der Waals surface area contributed by atoms with Crippen LogP contribution < -0.4 is 15.5 Å². The number of carbonyl (C=O) groups excluding carboxylic acids is 1. The first kappa shape index (κ1) is 22.5. The molecule has 1 aliphatic rings. The van der Waals surface area contributed by atoms with Gasteiger partial charge in [-0.1, -0.05) is 12.1 Å². The van der Waals surface area contributed by atoms with Gasteiger partial charge >= 0.3 is 6.36 Å². The van der Waals surface area contributed by atoms with Crippen molar-refractivity contribution in [3.8, 4) is 17.0 Å². The van der Waals surface area contributed by atoms with E-state index in [0.717, 1.165) is 5.56 Å². The van der Waals surface area contributed by atoms with Crippen LogP contribution in [0.15, 0.2) is 60.9 Å². The number of nitrogens with zero attached hydrogens (tertiary/aromatic N) is 3. The normalized spacial score (nSPS) is 14.5. The molecule has 33 heavy (non-hydrogen) atoms. The number of ether oxygens (including phenoxy) is 2. The van der Waals surface area contributed by atoms with Crippen molar-refractivity contribution in [2.24, 2.45) is 0 Å². The van der Waals surface area contributed by atoms with E-state index in [4.69, 9.17) is 4.74 Å². The first-order chi connectivity index (χ1) is 15.9. The van der Waals surface area contributed by atoms with E-state index < -0.39 is 6.36 Å². The highest BCUT2D eigenvalue weighted by Crippen LogP contribution is 2.26. The van der Waals surface area contributed by atoms with Crippen LogP contribution in [0.5, 0.6) is 5.75 Å². The van der Waals surface area contributed by atoms with E-state index in [-0.39, 0.29) is 11.7 Å². The maximum absolute atomic E-state index is 12.4. The molecule has 0 atom stereocenters. The molecule has 0 spiro atoms. The standard InChI is InChI=1S/C22H20F3N5O3/c23-22(24,25)33-18-7-5-17(6-8-18)28-20-13-19(26-14-27-20)15-1-3-16(4-2-15)21(31)29-30-9-11-32-12-10-30/h1-8,13-14H,9-12H2,(H,29,31)(H,26,27,28). The molecule has 1 aromatic heterocycles. The number of halogens is 3. The minimum atomic E-state index is -4.74. The van der Waals surface area contributed by atoms with Crippen LogP contribution in [0.25, 0.3) is 11.3 Å². The van der Waals surface area contributed by atoms with Crippen LogP contribution >= 0.6 is 0 Å². The van der Waals surface area contributed by atoms with Gasteiger partial charge in [-0.15, -0.1) is 13.2 Å². The predicted octanol–water partition coefficient (Wildman–Crippen LogP) is 3.76. The second kappa shape index (κ2) is 9.84. The molecule has 11 heteroatoms. The van der Waals surface area contributed by atoms with Gasteiger partial charge in [0.1, 0.15) is 17.9 Å². The maximum atomic E-state index is 12.4. The molecular weight excluding hydrogens is 439 g/mol. The van der Waals surface area contributed by atoms with Crippen LogP contribution in [0.2, 0.25) is 0 Å². The molecule has 0 radical (unpaired) electrons. The SMILES string of the molecule is O=C(NN1CCOCC1)c1ccc(-c2cc(Nc3ccc(OC(F)(F)F)cc3)ncn2)cc1. The lowest BCUT2D eigenvalue weighted by atomic mass is 10.1. The lowest BCUT2D eigenvalue weighted by Crippen LogP contribution is -2.48. The number of carbonyl (C=O) groups is 1. The van der Waals surface area contributed by atoms with Gasteiger partial charge in [0, 0.05) is 36.0 Å². The second-order valence-electron chi connectivity index (χ2n) is 7.10. The fourth-order valence-corrected chi connectivity index (χ4v) is 3.15.